The first-order valence-corrected chi connectivity index (χ1v) is 10.9. The first-order chi connectivity index (χ1) is 16.1. The zero-order chi connectivity index (χ0) is 22.6. The van der Waals surface area contributed by atoms with Gasteiger partial charge in [-0.1, -0.05) is 54.6 Å². The summed E-state index contributed by atoms with van der Waals surface area (Å²) in [4.78, 5) is 13.5. The van der Waals surface area contributed by atoms with E-state index in [9.17, 15) is 4.79 Å². The predicted octanol–water partition coefficient (Wildman–Crippen LogP) is 6.35. The molecule has 0 aliphatic carbocycles. The normalized spacial score (nSPS) is 14.5. The fraction of sp³-hybridized carbons (Fsp3) is 0.107. The Hall–Kier alpha value is -4.25. The Balaban J connectivity index is 1.73. The SMILES string of the molecule is CNc1cc(C)c(Nc2ccccc2)c2c1C(=O)OC21c2ccccc2Oc2ccccc21. The van der Waals surface area contributed by atoms with E-state index in [-0.39, 0.29) is 5.97 Å². The predicted molar refractivity (Wildman–Crippen MR) is 129 cm³/mol. The van der Waals surface area contributed by atoms with Crippen LogP contribution in [0.1, 0.15) is 32.6 Å². The number of benzene rings is 4. The zero-order valence-corrected chi connectivity index (χ0v) is 18.3. The van der Waals surface area contributed by atoms with Crippen molar-refractivity contribution in [2.24, 2.45) is 0 Å². The smallest absolute Gasteiger partial charge is 0.342 e. The second-order valence-electron chi connectivity index (χ2n) is 8.27. The summed E-state index contributed by atoms with van der Waals surface area (Å²) in [5, 5.41) is 6.78. The number of anilines is 3. The van der Waals surface area contributed by atoms with Crippen molar-refractivity contribution in [1.29, 1.82) is 0 Å². The van der Waals surface area contributed by atoms with Gasteiger partial charge < -0.3 is 20.1 Å². The molecule has 4 aromatic carbocycles. The molecule has 5 nitrogen and oxygen atoms in total. The van der Waals surface area contributed by atoms with Crippen molar-refractivity contribution in [3.8, 4) is 11.5 Å². The van der Waals surface area contributed by atoms with Crippen LogP contribution in [0.5, 0.6) is 11.5 Å². The van der Waals surface area contributed by atoms with Gasteiger partial charge in [-0.15, -0.1) is 0 Å². The Labute approximate surface area is 192 Å². The van der Waals surface area contributed by atoms with Crippen molar-refractivity contribution >= 4 is 23.0 Å². The number of esters is 1. The number of hydrogen-bond donors (Lipinski definition) is 2. The Bertz CT molecular complexity index is 1370. The highest BCUT2D eigenvalue weighted by atomic mass is 16.6. The van der Waals surface area contributed by atoms with Crippen molar-refractivity contribution in [2.75, 3.05) is 17.7 Å². The van der Waals surface area contributed by atoms with Gasteiger partial charge in [0.25, 0.3) is 0 Å². The third-order valence-electron chi connectivity index (χ3n) is 6.39. The van der Waals surface area contributed by atoms with E-state index in [2.05, 4.69) is 10.6 Å². The van der Waals surface area contributed by atoms with Crippen LogP contribution in [-0.4, -0.2) is 13.0 Å². The van der Waals surface area contributed by atoms with E-state index >= 15 is 0 Å². The van der Waals surface area contributed by atoms with Gasteiger partial charge in [0.15, 0.2) is 5.60 Å². The molecule has 2 N–H and O–H groups in total. The van der Waals surface area contributed by atoms with Crippen LogP contribution < -0.4 is 15.4 Å². The molecule has 2 heterocycles. The standard InChI is InChI=1S/C28H22N2O3/c1-17-16-21(29-2)24-25(26(17)30-18-10-4-3-5-11-18)28(33-27(24)31)19-12-6-8-14-22(19)32-23-15-9-7-13-20(23)28/h3-16,29-30H,1-2H3. The number of carbonyl (C=O) groups excluding carboxylic acids is 1. The molecule has 33 heavy (non-hydrogen) atoms. The number of fused-ring (bicyclic) bond motifs is 6. The number of rotatable bonds is 3. The van der Waals surface area contributed by atoms with Gasteiger partial charge in [0, 0.05) is 35.1 Å². The monoisotopic (exact) mass is 434 g/mol. The molecule has 0 fully saturated rings. The highest BCUT2D eigenvalue weighted by molar-refractivity contribution is 6.05. The van der Waals surface area contributed by atoms with Crippen molar-refractivity contribution < 1.29 is 14.3 Å². The molecule has 0 unspecified atom stereocenters. The minimum atomic E-state index is -1.13. The lowest BCUT2D eigenvalue weighted by atomic mass is 9.76. The lowest BCUT2D eigenvalue weighted by Gasteiger charge is -2.37. The molecular formula is C28H22N2O3. The fourth-order valence-corrected chi connectivity index (χ4v) is 4.98. The van der Waals surface area contributed by atoms with Crippen LogP contribution in [0.4, 0.5) is 17.1 Å². The molecule has 2 aliphatic heterocycles. The van der Waals surface area contributed by atoms with Crippen molar-refractivity contribution in [2.45, 2.75) is 12.5 Å². The minimum absolute atomic E-state index is 0.364. The molecule has 0 saturated carbocycles. The van der Waals surface area contributed by atoms with Gasteiger partial charge in [-0.25, -0.2) is 4.79 Å². The molecule has 1 spiro atoms. The molecule has 6 rings (SSSR count). The lowest BCUT2D eigenvalue weighted by Crippen LogP contribution is -2.33. The van der Waals surface area contributed by atoms with Crippen LogP contribution >= 0.6 is 0 Å². The van der Waals surface area contributed by atoms with Crippen LogP contribution in [0, 0.1) is 6.92 Å². The largest absolute Gasteiger partial charge is 0.456 e. The molecule has 162 valence electrons. The van der Waals surface area contributed by atoms with E-state index in [4.69, 9.17) is 9.47 Å². The van der Waals surface area contributed by atoms with Crippen LogP contribution in [-0.2, 0) is 10.3 Å². The summed E-state index contributed by atoms with van der Waals surface area (Å²) in [6.45, 7) is 2.04. The summed E-state index contributed by atoms with van der Waals surface area (Å²) in [5.41, 5.74) is 5.34. The molecule has 5 heteroatoms. The summed E-state index contributed by atoms with van der Waals surface area (Å²) in [6, 6.07) is 27.5. The summed E-state index contributed by atoms with van der Waals surface area (Å²) < 4.78 is 12.6. The first-order valence-electron chi connectivity index (χ1n) is 10.9. The van der Waals surface area contributed by atoms with E-state index < -0.39 is 5.60 Å². The summed E-state index contributed by atoms with van der Waals surface area (Å²) >= 11 is 0. The molecule has 0 bridgehead atoms. The molecule has 0 radical (unpaired) electrons. The minimum Gasteiger partial charge on any atom is -0.456 e. The van der Waals surface area contributed by atoms with Crippen LogP contribution in [0.15, 0.2) is 84.9 Å². The second kappa shape index (κ2) is 7.14. The third-order valence-corrected chi connectivity index (χ3v) is 6.39. The molecule has 2 aliphatic rings. The Kier molecular flexibility index (Phi) is 4.20. The summed E-state index contributed by atoms with van der Waals surface area (Å²) in [5.74, 6) is 0.988. The molecule has 0 amide bonds. The topological polar surface area (TPSA) is 59.6 Å². The number of hydrogen-bond acceptors (Lipinski definition) is 5. The second-order valence-corrected chi connectivity index (χ2v) is 8.27. The maximum absolute atomic E-state index is 13.5. The average molecular weight is 434 g/mol. The zero-order valence-electron chi connectivity index (χ0n) is 18.3. The number of ether oxygens (including phenoxy) is 2. The molecule has 4 aromatic rings. The van der Waals surface area contributed by atoms with E-state index in [0.717, 1.165) is 39.3 Å². The first kappa shape index (κ1) is 19.4. The summed E-state index contributed by atoms with van der Waals surface area (Å²) in [6.07, 6.45) is 0. The van der Waals surface area contributed by atoms with Crippen molar-refractivity contribution in [1.82, 2.24) is 0 Å². The van der Waals surface area contributed by atoms with Crippen molar-refractivity contribution in [3.05, 3.63) is 113 Å². The quantitative estimate of drug-likeness (QED) is 0.368. The van der Waals surface area contributed by atoms with Gasteiger partial charge in [-0.2, -0.15) is 0 Å². The van der Waals surface area contributed by atoms with E-state index in [1.165, 1.54) is 0 Å². The third kappa shape index (κ3) is 2.69. The highest BCUT2D eigenvalue weighted by Crippen LogP contribution is 2.59. The highest BCUT2D eigenvalue weighted by Gasteiger charge is 2.55. The summed E-state index contributed by atoms with van der Waals surface area (Å²) in [7, 11) is 1.82. The number of para-hydroxylation sites is 3. The molecule has 0 atom stereocenters. The van der Waals surface area contributed by atoms with Gasteiger partial charge in [0.1, 0.15) is 11.5 Å². The van der Waals surface area contributed by atoms with E-state index in [1.807, 2.05) is 98.9 Å². The van der Waals surface area contributed by atoms with Crippen LogP contribution in [0.3, 0.4) is 0 Å². The van der Waals surface area contributed by atoms with Crippen molar-refractivity contribution in [3.63, 3.8) is 0 Å². The Morgan fingerprint density at radius 3 is 2.06 bits per heavy atom. The molecular weight excluding hydrogens is 412 g/mol. The van der Waals surface area contributed by atoms with Gasteiger partial charge in [-0.3, -0.25) is 0 Å². The van der Waals surface area contributed by atoms with Gasteiger partial charge in [-0.05, 0) is 42.8 Å². The molecule has 0 saturated heterocycles. The number of carbonyl (C=O) groups is 1. The van der Waals surface area contributed by atoms with Gasteiger partial charge in [0.2, 0.25) is 0 Å². The fourth-order valence-electron chi connectivity index (χ4n) is 4.98. The van der Waals surface area contributed by atoms with Crippen LogP contribution in [0.2, 0.25) is 0 Å². The van der Waals surface area contributed by atoms with Gasteiger partial charge >= 0.3 is 5.97 Å². The maximum Gasteiger partial charge on any atom is 0.342 e. The maximum atomic E-state index is 13.5. The Morgan fingerprint density at radius 2 is 1.42 bits per heavy atom. The number of nitrogens with one attached hydrogen (secondary N) is 2. The lowest BCUT2D eigenvalue weighted by molar-refractivity contribution is 0.0226. The molecule has 0 aromatic heterocycles. The number of aryl methyl sites for hydroxylation is 1. The van der Waals surface area contributed by atoms with Gasteiger partial charge in [0.05, 0.1) is 11.3 Å². The van der Waals surface area contributed by atoms with E-state index in [1.54, 1.807) is 0 Å². The Morgan fingerprint density at radius 1 is 0.818 bits per heavy atom. The average Bonchev–Trinajstić information content (AvgIpc) is 3.15. The van der Waals surface area contributed by atoms with Crippen LogP contribution in [0.25, 0.3) is 0 Å². The van der Waals surface area contributed by atoms with E-state index in [0.29, 0.717) is 17.1 Å².